The predicted molar refractivity (Wildman–Crippen MR) is 91.5 cm³/mol. The molecule has 2 aromatic rings. The lowest BCUT2D eigenvalue weighted by Gasteiger charge is -2.31. The third kappa shape index (κ3) is 3.83. The van der Waals surface area contributed by atoms with E-state index in [1.54, 1.807) is 11.8 Å². The van der Waals surface area contributed by atoms with Crippen LogP contribution in [0.5, 0.6) is 0 Å². The summed E-state index contributed by atoms with van der Waals surface area (Å²) >= 11 is 7.83. The monoisotopic (exact) mass is 368 g/mol. The highest BCUT2D eigenvalue weighted by Gasteiger charge is 2.28. The van der Waals surface area contributed by atoms with Crippen molar-refractivity contribution in [2.45, 2.75) is 16.2 Å². The number of nitrogens with zero attached hydrogens (tertiary/aromatic N) is 1. The van der Waals surface area contributed by atoms with Crippen LogP contribution in [0.2, 0.25) is 5.02 Å². The zero-order chi connectivity index (χ0) is 15.7. The molecule has 0 aliphatic carbocycles. The molecule has 0 atom stereocenters. The molecule has 2 aromatic carbocycles. The molecular formula is C17H18Cl2N2OS. The Kier molecular flexibility index (Phi) is 5.98. The number of nitrogens with one attached hydrogen (secondary N) is 1. The summed E-state index contributed by atoms with van der Waals surface area (Å²) in [5.41, 5.74) is 1.83. The second-order valence-electron chi connectivity index (χ2n) is 5.62. The van der Waals surface area contributed by atoms with Crippen LogP contribution >= 0.6 is 23.4 Å². The third-order valence-corrected chi connectivity index (χ3v) is 4.94. The first-order chi connectivity index (χ1) is 10.6. The van der Waals surface area contributed by atoms with Gasteiger partial charge in [0.1, 0.15) is 0 Å². The molecule has 0 bridgehead atoms. The lowest BCUT2D eigenvalue weighted by Crippen LogP contribution is -3.05. The van der Waals surface area contributed by atoms with Gasteiger partial charge in [0.15, 0.2) is 0 Å². The molecule has 23 heavy (non-hydrogen) atoms. The van der Waals surface area contributed by atoms with E-state index in [0.717, 1.165) is 27.7 Å². The number of para-hydroxylation sites is 1. The highest BCUT2D eigenvalue weighted by molar-refractivity contribution is 7.99. The molecule has 122 valence electrons. The Hall–Kier alpha value is -1.20. The SMILES string of the molecule is C[NH+](C)CCC(=O)N1c2ccccc2Sc2ccc(Cl)cc21.[Cl-]. The van der Waals surface area contributed by atoms with Gasteiger partial charge in [0.05, 0.1) is 38.4 Å². The summed E-state index contributed by atoms with van der Waals surface area (Å²) in [6, 6.07) is 13.7. The van der Waals surface area contributed by atoms with Crippen molar-refractivity contribution in [2.75, 3.05) is 25.5 Å². The molecule has 1 N–H and O–H groups in total. The van der Waals surface area contributed by atoms with Gasteiger partial charge in [0.25, 0.3) is 0 Å². The smallest absolute Gasteiger partial charge is 0.237 e. The molecule has 6 heteroatoms. The number of rotatable bonds is 3. The fraction of sp³-hybridized carbons (Fsp3) is 0.235. The first-order valence-electron chi connectivity index (χ1n) is 7.24. The number of hydrogen-bond donors (Lipinski definition) is 1. The van der Waals surface area contributed by atoms with Crippen molar-refractivity contribution in [3.63, 3.8) is 0 Å². The number of hydrogen-bond acceptors (Lipinski definition) is 2. The number of carbonyl (C=O) groups is 1. The Morgan fingerprint density at radius 1 is 1.13 bits per heavy atom. The van der Waals surface area contributed by atoms with Crippen LogP contribution in [0.4, 0.5) is 11.4 Å². The van der Waals surface area contributed by atoms with E-state index < -0.39 is 0 Å². The van der Waals surface area contributed by atoms with Crippen molar-refractivity contribution < 1.29 is 22.1 Å². The van der Waals surface area contributed by atoms with Gasteiger partial charge in [-0.1, -0.05) is 35.5 Å². The zero-order valence-corrected chi connectivity index (χ0v) is 15.3. The van der Waals surface area contributed by atoms with Gasteiger partial charge in [-0.15, -0.1) is 0 Å². The van der Waals surface area contributed by atoms with Gasteiger partial charge in [-0.05, 0) is 30.3 Å². The minimum atomic E-state index is 0. The third-order valence-electron chi connectivity index (χ3n) is 3.58. The van der Waals surface area contributed by atoms with Crippen LogP contribution in [0.1, 0.15) is 6.42 Å². The average molecular weight is 369 g/mol. The fourth-order valence-corrected chi connectivity index (χ4v) is 3.67. The lowest BCUT2D eigenvalue weighted by atomic mass is 10.2. The Labute approximate surface area is 152 Å². The highest BCUT2D eigenvalue weighted by atomic mass is 35.5. The molecule has 1 aliphatic rings. The molecule has 1 heterocycles. The van der Waals surface area contributed by atoms with E-state index in [2.05, 4.69) is 20.2 Å². The second-order valence-corrected chi connectivity index (χ2v) is 7.14. The maximum absolute atomic E-state index is 12.8. The Bertz CT molecular complexity index is 721. The zero-order valence-electron chi connectivity index (χ0n) is 13.0. The van der Waals surface area contributed by atoms with E-state index >= 15 is 0 Å². The Morgan fingerprint density at radius 3 is 2.57 bits per heavy atom. The summed E-state index contributed by atoms with van der Waals surface area (Å²) < 4.78 is 0. The Morgan fingerprint density at radius 2 is 1.83 bits per heavy atom. The fourth-order valence-electron chi connectivity index (χ4n) is 2.47. The maximum Gasteiger partial charge on any atom is 0.237 e. The van der Waals surface area contributed by atoms with Crippen molar-refractivity contribution >= 4 is 40.6 Å². The molecule has 0 radical (unpaired) electrons. The van der Waals surface area contributed by atoms with Gasteiger partial charge >= 0.3 is 0 Å². The van der Waals surface area contributed by atoms with Crippen molar-refractivity contribution in [1.82, 2.24) is 0 Å². The lowest BCUT2D eigenvalue weighted by molar-refractivity contribution is -0.857. The number of benzene rings is 2. The molecule has 0 saturated carbocycles. The van der Waals surface area contributed by atoms with Crippen LogP contribution < -0.4 is 22.2 Å². The summed E-state index contributed by atoms with van der Waals surface area (Å²) in [6.07, 6.45) is 0.507. The minimum Gasteiger partial charge on any atom is -1.00 e. The van der Waals surface area contributed by atoms with E-state index in [0.29, 0.717) is 11.4 Å². The Balaban J connectivity index is 0.00000192. The highest BCUT2D eigenvalue weighted by Crippen LogP contribution is 2.48. The summed E-state index contributed by atoms with van der Waals surface area (Å²) in [6.45, 7) is 0.806. The van der Waals surface area contributed by atoms with Crippen LogP contribution in [-0.2, 0) is 4.79 Å². The number of fused-ring (bicyclic) bond motifs is 2. The number of quaternary nitrogens is 1. The molecule has 0 unspecified atom stereocenters. The quantitative estimate of drug-likeness (QED) is 0.825. The minimum absolute atomic E-state index is 0. The summed E-state index contributed by atoms with van der Waals surface area (Å²) in [5.74, 6) is 0.109. The van der Waals surface area contributed by atoms with E-state index in [-0.39, 0.29) is 18.3 Å². The van der Waals surface area contributed by atoms with Crippen molar-refractivity contribution in [1.29, 1.82) is 0 Å². The van der Waals surface area contributed by atoms with Gasteiger partial charge < -0.3 is 17.3 Å². The first-order valence-corrected chi connectivity index (χ1v) is 8.44. The molecule has 0 saturated heterocycles. The molecule has 3 rings (SSSR count). The van der Waals surface area contributed by atoms with E-state index in [1.165, 1.54) is 4.90 Å². The van der Waals surface area contributed by atoms with Crippen molar-refractivity contribution in [2.24, 2.45) is 0 Å². The molecule has 0 fully saturated rings. The average Bonchev–Trinajstić information content (AvgIpc) is 2.50. The molecule has 1 amide bonds. The van der Waals surface area contributed by atoms with Gasteiger partial charge in [-0.3, -0.25) is 9.69 Å². The second kappa shape index (κ2) is 7.58. The number of halogens is 2. The van der Waals surface area contributed by atoms with Gasteiger partial charge in [0, 0.05) is 14.8 Å². The van der Waals surface area contributed by atoms with E-state index in [4.69, 9.17) is 11.6 Å². The molecule has 0 spiro atoms. The molecule has 1 aliphatic heterocycles. The standard InChI is InChI=1S/C17H17ClN2OS.ClH/c1-19(2)10-9-17(21)20-13-5-3-4-6-15(13)22-16-8-7-12(18)11-14(16)20;/h3-8,11H,9-10H2,1-2H3;1H. The number of carbonyl (C=O) groups excluding carboxylic acids is 1. The largest absolute Gasteiger partial charge is 1.00 e. The van der Waals surface area contributed by atoms with Crippen LogP contribution in [0, 0.1) is 0 Å². The predicted octanol–water partition coefficient (Wildman–Crippen LogP) is 0.00790. The van der Waals surface area contributed by atoms with Crippen LogP contribution in [0.15, 0.2) is 52.3 Å². The van der Waals surface area contributed by atoms with Crippen LogP contribution in [0.3, 0.4) is 0 Å². The maximum atomic E-state index is 12.8. The summed E-state index contributed by atoms with van der Waals surface area (Å²) in [4.78, 5) is 18.0. The van der Waals surface area contributed by atoms with Crippen LogP contribution in [0.25, 0.3) is 0 Å². The normalized spacial score (nSPS) is 12.4. The summed E-state index contributed by atoms with van der Waals surface area (Å²) in [5, 5.41) is 0.648. The van der Waals surface area contributed by atoms with Gasteiger partial charge in [0.2, 0.25) is 5.91 Å². The van der Waals surface area contributed by atoms with E-state index in [9.17, 15) is 4.79 Å². The molecular weight excluding hydrogens is 351 g/mol. The van der Waals surface area contributed by atoms with Gasteiger partial charge in [-0.2, -0.15) is 0 Å². The first kappa shape index (κ1) is 18.1. The summed E-state index contributed by atoms with van der Waals surface area (Å²) in [7, 11) is 4.11. The topological polar surface area (TPSA) is 24.8 Å². The number of amides is 1. The van der Waals surface area contributed by atoms with Crippen molar-refractivity contribution in [3.05, 3.63) is 47.5 Å². The van der Waals surface area contributed by atoms with Crippen molar-refractivity contribution in [3.8, 4) is 0 Å². The molecule has 3 nitrogen and oxygen atoms in total. The number of anilines is 2. The van der Waals surface area contributed by atoms with Crippen LogP contribution in [-0.4, -0.2) is 26.5 Å². The van der Waals surface area contributed by atoms with Gasteiger partial charge in [-0.25, -0.2) is 0 Å². The molecule has 0 aromatic heterocycles. The van der Waals surface area contributed by atoms with E-state index in [1.807, 2.05) is 41.3 Å².